The van der Waals surface area contributed by atoms with Crippen molar-refractivity contribution in [1.29, 1.82) is 0 Å². The van der Waals surface area contributed by atoms with Gasteiger partial charge in [0.15, 0.2) is 0 Å². The standard InChI is InChI=1S/C29H38N4O6S/c1-28(2,3)23(32-27(36)39-29(4,5)6)25(34)33-16-17(15-20(33)26(35)37-7)38-24-22(21-13-10-14-40-21)30-18-11-8-9-12-19(18)31-24/h8-9,11-13,17,20,23H,10,14-16H2,1-7H3,(H,32,36)/t17-,20+,23-/m1/s1. The van der Waals surface area contributed by atoms with Gasteiger partial charge in [-0.2, -0.15) is 0 Å². The van der Waals surface area contributed by atoms with Gasteiger partial charge in [-0.05, 0) is 44.7 Å². The molecule has 2 aliphatic heterocycles. The number of aromatic nitrogens is 2. The summed E-state index contributed by atoms with van der Waals surface area (Å²) in [5, 5.41) is 2.72. The molecule has 10 nitrogen and oxygen atoms in total. The Bertz CT molecular complexity index is 1320. The highest BCUT2D eigenvalue weighted by Crippen LogP contribution is 2.38. The van der Waals surface area contributed by atoms with Crippen molar-refractivity contribution in [2.24, 2.45) is 5.41 Å². The Morgan fingerprint density at radius 2 is 1.75 bits per heavy atom. The topological polar surface area (TPSA) is 120 Å². The smallest absolute Gasteiger partial charge is 0.408 e. The third kappa shape index (κ3) is 6.86. The summed E-state index contributed by atoms with van der Waals surface area (Å²) in [7, 11) is 1.29. The van der Waals surface area contributed by atoms with Crippen LogP contribution >= 0.6 is 11.8 Å². The number of benzene rings is 1. The summed E-state index contributed by atoms with van der Waals surface area (Å²) >= 11 is 1.69. The van der Waals surface area contributed by atoms with Gasteiger partial charge in [0, 0.05) is 17.1 Å². The normalized spacial score (nSPS) is 20.2. The molecule has 2 amide bonds. The third-order valence-corrected chi connectivity index (χ3v) is 7.66. The lowest BCUT2D eigenvalue weighted by atomic mass is 9.85. The van der Waals surface area contributed by atoms with E-state index in [1.54, 1.807) is 32.5 Å². The highest BCUT2D eigenvalue weighted by molar-refractivity contribution is 8.08. The number of thioether (sulfide) groups is 1. The fourth-order valence-electron chi connectivity index (χ4n) is 4.69. The van der Waals surface area contributed by atoms with E-state index in [1.807, 2.05) is 45.0 Å². The first-order valence-electron chi connectivity index (χ1n) is 13.4. The minimum atomic E-state index is -0.954. The van der Waals surface area contributed by atoms with Crippen molar-refractivity contribution in [2.45, 2.75) is 78.2 Å². The van der Waals surface area contributed by atoms with Crippen molar-refractivity contribution in [1.82, 2.24) is 20.2 Å². The number of rotatable bonds is 6. The van der Waals surface area contributed by atoms with E-state index in [1.165, 1.54) is 12.0 Å². The van der Waals surface area contributed by atoms with E-state index in [0.717, 1.165) is 22.6 Å². The summed E-state index contributed by atoms with van der Waals surface area (Å²) in [6.07, 6.45) is 2.01. The predicted molar refractivity (Wildman–Crippen MR) is 154 cm³/mol. The zero-order valence-corrected chi connectivity index (χ0v) is 25.0. The molecular weight excluding hydrogens is 532 g/mol. The van der Waals surface area contributed by atoms with Crippen molar-refractivity contribution < 1.29 is 28.6 Å². The number of allylic oxidation sites excluding steroid dienone is 1. The fraction of sp³-hybridized carbons (Fsp3) is 0.552. The van der Waals surface area contributed by atoms with Crippen LogP contribution in [0.3, 0.4) is 0 Å². The zero-order valence-electron chi connectivity index (χ0n) is 24.1. The molecule has 1 fully saturated rings. The van der Waals surface area contributed by atoms with E-state index in [-0.39, 0.29) is 13.0 Å². The number of alkyl carbamates (subject to hydrolysis) is 1. The number of ether oxygens (including phenoxy) is 3. The van der Waals surface area contributed by atoms with Crippen LogP contribution in [-0.2, 0) is 19.1 Å². The van der Waals surface area contributed by atoms with Crippen LogP contribution in [0.4, 0.5) is 4.79 Å². The Labute approximate surface area is 239 Å². The van der Waals surface area contributed by atoms with Crippen LogP contribution in [0.1, 0.15) is 60.1 Å². The molecule has 1 aromatic carbocycles. The zero-order chi connectivity index (χ0) is 29.2. The Morgan fingerprint density at radius 1 is 1.07 bits per heavy atom. The second-order valence-electron chi connectivity index (χ2n) is 12.0. The number of fused-ring (bicyclic) bond motifs is 1. The molecule has 0 radical (unpaired) electrons. The maximum Gasteiger partial charge on any atom is 0.408 e. The summed E-state index contributed by atoms with van der Waals surface area (Å²) < 4.78 is 16.9. The van der Waals surface area contributed by atoms with Crippen LogP contribution in [0.15, 0.2) is 30.3 Å². The molecule has 0 saturated carbocycles. The molecule has 11 heteroatoms. The summed E-state index contributed by atoms with van der Waals surface area (Å²) in [6, 6.07) is 5.73. The number of hydrogen-bond donors (Lipinski definition) is 1. The number of carbonyl (C=O) groups is 3. The van der Waals surface area contributed by atoms with Gasteiger partial charge in [0.05, 0.1) is 24.7 Å². The lowest BCUT2D eigenvalue weighted by Gasteiger charge is -2.35. The van der Waals surface area contributed by atoms with Gasteiger partial charge in [0.2, 0.25) is 11.8 Å². The predicted octanol–water partition coefficient (Wildman–Crippen LogP) is 4.57. The molecule has 0 bridgehead atoms. The van der Waals surface area contributed by atoms with E-state index in [2.05, 4.69) is 11.4 Å². The van der Waals surface area contributed by atoms with Crippen molar-refractivity contribution in [3.63, 3.8) is 0 Å². The second kappa shape index (κ2) is 11.6. The lowest BCUT2D eigenvalue weighted by Crippen LogP contribution is -2.57. The number of hydrogen-bond acceptors (Lipinski definition) is 9. The fourth-order valence-corrected chi connectivity index (χ4v) is 5.65. The molecule has 0 aliphatic carbocycles. The Morgan fingerprint density at radius 3 is 2.33 bits per heavy atom. The number of nitrogens with one attached hydrogen (secondary N) is 1. The first-order valence-corrected chi connectivity index (χ1v) is 14.4. The van der Waals surface area contributed by atoms with Crippen LogP contribution in [0.5, 0.6) is 5.88 Å². The van der Waals surface area contributed by atoms with E-state index in [9.17, 15) is 14.4 Å². The summed E-state index contributed by atoms with van der Waals surface area (Å²) in [4.78, 5) is 51.4. The number of esters is 1. The summed E-state index contributed by atoms with van der Waals surface area (Å²) in [5.74, 6) is 0.349. The molecule has 216 valence electrons. The van der Waals surface area contributed by atoms with Crippen LogP contribution in [0, 0.1) is 5.41 Å². The summed E-state index contributed by atoms with van der Waals surface area (Å²) in [6.45, 7) is 10.9. The molecule has 1 N–H and O–H groups in total. The van der Waals surface area contributed by atoms with Gasteiger partial charge in [-0.25, -0.2) is 19.6 Å². The third-order valence-electron chi connectivity index (χ3n) is 6.55. The number of carbonyl (C=O) groups excluding carboxylic acids is 3. The van der Waals surface area contributed by atoms with Crippen molar-refractivity contribution in [3.8, 4) is 5.88 Å². The largest absolute Gasteiger partial charge is 0.471 e. The maximum absolute atomic E-state index is 13.9. The molecular formula is C29H38N4O6S. The Hall–Kier alpha value is -3.34. The monoisotopic (exact) mass is 570 g/mol. The minimum absolute atomic E-state index is 0.112. The molecule has 0 unspecified atom stereocenters. The average Bonchev–Trinajstić information content (AvgIpc) is 3.55. The maximum atomic E-state index is 13.9. The number of methoxy groups -OCH3 is 1. The van der Waals surface area contributed by atoms with Crippen LogP contribution in [-0.4, -0.2) is 76.0 Å². The summed E-state index contributed by atoms with van der Waals surface area (Å²) in [5.41, 5.74) is 0.698. The molecule has 2 aliphatic rings. The first-order chi connectivity index (χ1) is 18.8. The highest BCUT2D eigenvalue weighted by atomic mass is 32.2. The van der Waals surface area contributed by atoms with Crippen molar-refractivity contribution in [2.75, 3.05) is 19.4 Å². The average molecular weight is 571 g/mol. The van der Waals surface area contributed by atoms with Gasteiger partial charge in [0.25, 0.3) is 0 Å². The van der Waals surface area contributed by atoms with E-state index < -0.39 is 47.2 Å². The Kier molecular flexibility index (Phi) is 8.63. The van der Waals surface area contributed by atoms with Gasteiger partial charge in [-0.15, -0.1) is 11.8 Å². The van der Waals surface area contributed by atoms with E-state index >= 15 is 0 Å². The lowest BCUT2D eigenvalue weighted by molar-refractivity contribution is -0.152. The van der Waals surface area contributed by atoms with Crippen molar-refractivity contribution in [3.05, 3.63) is 36.0 Å². The van der Waals surface area contributed by atoms with Crippen LogP contribution in [0.2, 0.25) is 0 Å². The number of para-hydroxylation sites is 2. The number of amides is 2. The van der Waals surface area contributed by atoms with Gasteiger partial charge in [-0.1, -0.05) is 39.0 Å². The molecule has 0 spiro atoms. The molecule has 1 aromatic heterocycles. The van der Waals surface area contributed by atoms with E-state index in [0.29, 0.717) is 17.1 Å². The quantitative estimate of drug-likeness (QED) is 0.498. The molecule has 3 atom stereocenters. The SMILES string of the molecule is COC(=O)[C@@H]1C[C@@H](Oc2nc3ccccc3nc2C2=CCCS2)CN1C(=O)[C@@H](NC(=O)OC(C)(C)C)C(C)(C)C. The second-order valence-corrected chi connectivity index (χ2v) is 13.2. The molecule has 2 aromatic rings. The van der Waals surface area contributed by atoms with Crippen LogP contribution < -0.4 is 10.1 Å². The molecule has 40 heavy (non-hydrogen) atoms. The molecule has 4 rings (SSSR count). The highest BCUT2D eigenvalue weighted by Gasteiger charge is 2.46. The number of nitrogens with zero attached hydrogens (tertiary/aromatic N) is 3. The van der Waals surface area contributed by atoms with Gasteiger partial charge in [0.1, 0.15) is 29.5 Å². The molecule has 1 saturated heterocycles. The van der Waals surface area contributed by atoms with Crippen molar-refractivity contribution >= 4 is 45.7 Å². The van der Waals surface area contributed by atoms with E-state index in [4.69, 9.17) is 24.2 Å². The molecule has 3 heterocycles. The minimum Gasteiger partial charge on any atom is -0.471 e. The number of likely N-dealkylation sites (tertiary alicyclic amines) is 1. The Balaban J connectivity index is 1.62. The first kappa shape index (κ1) is 29.6. The van der Waals surface area contributed by atoms with Crippen LogP contribution in [0.25, 0.3) is 15.9 Å². The van der Waals surface area contributed by atoms with Gasteiger partial charge in [-0.3, -0.25) is 4.79 Å². The van der Waals surface area contributed by atoms with Gasteiger partial charge < -0.3 is 24.4 Å². The van der Waals surface area contributed by atoms with Gasteiger partial charge >= 0.3 is 12.1 Å².